The van der Waals surface area contributed by atoms with E-state index in [0.717, 1.165) is 13.0 Å². The molecule has 1 saturated heterocycles. The molecule has 3 unspecified atom stereocenters. The second kappa shape index (κ2) is 4.79. The van der Waals surface area contributed by atoms with Gasteiger partial charge in [0.15, 0.2) is 0 Å². The summed E-state index contributed by atoms with van der Waals surface area (Å²) in [7, 11) is 0. The molecule has 1 N–H and O–H groups in total. The first kappa shape index (κ1) is 12.6. The van der Waals surface area contributed by atoms with E-state index in [1.54, 1.807) is 0 Å². The van der Waals surface area contributed by atoms with Gasteiger partial charge in [-0.3, -0.25) is 0 Å². The third-order valence-corrected chi connectivity index (χ3v) is 3.82. The van der Waals surface area contributed by atoms with Gasteiger partial charge in [0.2, 0.25) is 0 Å². The van der Waals surface area contributed by atoms with Gasteiger partial charge in [-0.25, -0.2) is 0 Å². The Labute approximate surface area is 104 Å². The normalized spacial score (nSPS) is 33.6. The van der Waals surface area contributed by atoms with Crippen molar-refractivity contribution in [3.05, 3.63) is 35.4 Å². The average Bonchev–Trinajstić information content (AvgIpc) is 2.34. The highest BCUT2D eigenvalue weighted by Crippen LogP contribution is 2.32. The molecule has 0 aliphatic carbocycles. The van der Waals surface area contributed by atoms with E-state index in [9.17, 15) is 0 Å². The Balaban J connectivity index is 2.20. The zero-order valence-corrected chi connectivity index (χ0v) is 11.3. The molecule has 0 spiro atoms. The Morgan fingerprint density at radius 1 is 1.35 bits per heavy atom. The smallest absolute Gasteiger partial charge is 0.0983 e. The molecule has 1 aliphatic heterocycles. The van der Waals surface area contributed by atoms with E-state index in [0.29, 0.717) is 6.04 Å². The van der Waals surface area contributed by atoms with Gasteiger partial charge < -0.3 is 10.1 Å². The average molecular weight is 233 g/mol. The quantitative estimate of drug-likeness (QED) is 0.847. The molecular weight excluding hydrogens is 210 g/mol. The number of aryl methyl sites for hydroxylation is 1. The van der Waals surface area contributed by atoms with E-state index < -0.39 is 0 Å². The van der Waals surface area contributed by atoms with Gasteiger partial charge in [-0.2, -0.15) is 0 Å². The molecule has 2 heteroatoms. The van der Waals surface area contributed by atoms with Crippen LogP contribution in [-0.2, 0) is 4.74 Å². The number of benzene rings is 1. The summed E-state index contributed by atoms with van der Waals surface area (Å²) in [5, 5.41) is 3.56. The fraction of sp³-hybridized carbons (Fsp3) is 0.600. The molecule has 0 radical (unpaired) electrons. The molecule has 3 atom stereocenters. The van der Waals surface area contributed by atoms with Gasteiger partial charge >= 0.3 is 0 Å². The fourth-order valence-corrected chi connectivity index (χ4v) is 2.26. The van der Waals surface area contributed by atoms with Crippen LogP contribution in [-0.4, -0.2) is 18.2 Å². The Kier molecular flexibility index (Phi) is 3.55. The van der Waals surface area contributed by atoms with Crippen LogP contribution in [0.2, 0.25) is 0 Å². The van der Waals surface area contributed by atoms with Gasteiger partial charge in [0.25, 0.3) is 0 Å². The van der Waals surface area contributed by atoms with Gasteiger partial charge in [0, 0.05) is 12.6 Å². The molecule has 0 bridgehead atoms. The van der Waals surface area contributed by atoms with Gasteiger partial charge in [-0.1, -0.05) is 36.8 Å². The molecule has 1 fully saturated rings. The predicted molar refractivity (Wildman–Crippen MR) is 71.2 cm³/mol. The van der Waals surface area contributed by atoms with Crippen LogP contribution >= 0.6 is 0 Å². The molecule has 1 aliphatic rings. The maximum Gasteiger partial charge on any atom is 0.0983 e. The monoisotopic (exact) mass is 233 g/mol. The molecule has 0 amide bonds. The van der Waals surface area contributed by atoms with Crippen LogP contribution in [0.3, 0.4) is 0 Å². The van der Waals surface area contributed by atoms with Crippen molar-refractivity contribution in [1.29, 1.82) is 0 Å². The Bertz CT molecular complexity index is 373. The summed E-state index contributed by atoms with van der Waals surface area (Å²) < 4.78 is 6.30. The number of nitrogens with one attached hydrogen (secondary N) is 1. The first-order valence-electron chi connectivity index (χ1n) is 6.52. The topological polar surface area (TPSA) is 21.3 Å². The summed E-state index contributed by atoms with van der Waals surface area (Å²) >= 11 is 0. The maximum absolute atomic E-state index is 6.30. The molecule has 0 aromatic heterocycles. The van der Waals surface area contributed by atoms with Crippen LogP contribution in [0.15, 0.2) is 24.3 Å². The van der Waals surface area contributed by atoms with E-state index in [2.05, 4.69) is 57.3 Å². The molecular formula is C15H23NO. The lowest BCUT2D eigenvalue weighted by Crippen LogP contribution is -2.52. The molecule has 1 aromatic carbocycles. The Hall–Kier alpha value is -0.860. The first-order valence-corrected chi connectivity index (χ1v) is 6.52. The summed E-state index contributed by atoms with van der Waals surface area (Å²) in [5.74, 6) is 0. The summed E-state index contributed by atoms with van der Waals surface area (Å²) in [6, 6.07) is 9.04. The third-order valence-electron chi connectivity index (χ3n) is 3.82. The van der Waals surface area contributed by atoms with Crippen molar-refractivity contribution < 1.29 is 4.74 Å². The van der Waals surface area contributed by atoms with Crippen LogP contribution in [0.25, 0.3) is 0 Å². The number of hydrogen-bond donors (Lipinski definition) is 1. The Morgan fingerprint density at radius 2 is 2.00 bits per heavy atom. The molecule has 0 saturated carbocycles. The minimum absolute atomic E-state index is 0.0396. The van der Waals surface area contributed by atoms with Crippen LogP contribution < -0.4 is 5.32 Å². The standard InChI is InChI=1S/C15H23NO/c1-5-15(4)10-16-12(3)14(17-15)13-8-6-11(2)7-9-13/h6-9,12,14,16H,5,10H2,1-4H3. The Morgan fingerprint density at radius 3 is 2.59 bits per heavy atom. The second-order valence-corrected chi connectivity index (χ2v) is 5.42. The number of hydrogen-bond acceptors (Lipinski definition) is 2. The highest BCUT2D eigenvalue weighted by Gasteiger charge is 2.35. The van der Waals surface area contributed by atoms with E-state index >= 15 is 0 Å². The van der Waals surface area contributed by atoms with Gasteiger partial charge in [0.1, 0.15) is 0 Å². The first-order chi connectivity index (χ1) is 8.04. The lowest BCUT2D eigenvalue weighted by Gasteiger charge is -2.42. The fourth-order valence-electron chi connectivity index (χ4n) is 2.26. The van der Waals surface area contributed by atoms with Crippen molar-refractivity contribution in [2.75, 3.05) is 6.54 Å². The summed E-state index contributed by atoms with van der Waals surface area (Å²) in [6.45, 7) is 9.62. The zero-order valence-electron chi connectivity index (χ0n) is 11.3. The number of rotatable bonds is 2. The summed E-state index contributed by atoms with van der Waals surface area (Å²) in [4.78, 5) is 0. The minimum Gasteiger partial charge on any atom is -0.364 e. The van der Waals surface area contributed by atoms with Crippen molar-refractivity contribution in [2.45, 2.75) is 51.9 Å². The van der Waals surface area contributed by atoms with E-state index in [4.69, 9.17) is 4.74 Å². The van der Waals surface area contributed by atoms with Crippen LogP contribution in [0, 0.1) is 6.92 Å². The van der Waals surface area contributed by atoms with Crippen molar-refractivity contribution in [1.82, 2.24) is 5.32 Å². The van der Waals surface area contributed by atoms with E-state index in [-0.39, 0.29) is 11.7 Å². The molecule has 1 heterocycles. The maximum atomic E-state index is 6.30. The molecule has 2 rings (SSSR count). The number of ether oxygens (including phenoxy) is 1. The molecule has 2 nitrogen and oxygen atoms in total. The molecule has 17 heavy (non-hydrogen) atoms. The SMILES string of the molecule is CCC1(C)CNC(C)C(c2ccc(C)cc2)O1. The molecule has 1 aromatic rings. The minimum atomic E-state index is -0.0396. The lowest BCUT2D eigenvalue weighted by molar-refractivity contribution is -0.126. The van der Waals surface area contributed by atoms with Crippen LogP contribution in [0.4, 0.5) is 0 Å². The lowest BCUT2D eigenvalue weighted by atomic mass is 9.94. The second-order valence-electron chi connectivity index (χ2n) is 5.42. The predicted octanol–water partition coefficient (Wildman–Crippen LogP) is 3.21. The van der Waals surface area contributed by atoms with Crippen LogP contribution in [0.1, 0.15) is 44.4 Å². The van der Waals surface area contributed by atoms with Gasteiger partial charge in [-0.15, -0.1) is 0 Å². The van der Waals surface area contributed by atoms with Crippen molar-refractivity contribution in [3.8, 4) is 0 Å². The van der Waals surface area contributed by atoms with Crippen molar-refractivity contribution >= 4 is 0 Å². The van der Waals surface area contributed by atoms with Crippen molar-refractivity contribution in [2.24, 2.45) is 0 Å². The largest absolute Gasteiger partial charge is 0.364 e. The van der Waals surface area contributed by atoms with E-state index in [1.165, 1.54) is 11.1 Å². The third kappa shape index (κ3) is 2.70. The highest BCUT2D eigenvalue weighted by atomic mass is 16.5. The number of morpholine rings is 1. The summed E-state index contributed by atoms with van der Waals surface area (Å²) in [5.41, 5.74) is 2.53. The van der Waals surface area contributed by atoms with Crippen LogP contribution in [0.5, 0.6) is 0 Å². The highest BCUT2D eigenvalue weighted by molar-refractivity contribution is 5.24. The molecule has 94 valence electrons. The summed E-state index contributed by atoms with van der Waals surface area (Å²) in [6.07, 6.45) is 1.20. The van der Waals surface area contributed by atoms with Gasteiger partial charge in [0.05, 0.1) is 11.7 Å². The zero-order chi connectivity index (χ0) is 12.5. The van der Waals surface area contributed by atoms with Gasteiger partial charge in [-0.05, 0) is 32.8 Å². The van der Waals surface area contributed by atoms with E-state index in [1.807, 2.05) is 0 Å². The van der Waals surface area contributed by atoms with Crippen molar-refractivity contribution in [3.63, 3.8) is 0 Å².